The molecule has 6 nitrogen and oxygen atoms in total. The highest BCUT2D eigenvalue weighted by molar-refractivity contribution is 5.88. The van der Waals surface area contributed by atoms with Crippen LogP contribution < -0.4 is 9.47 Å². The van der Waals surface area contributed by atoms with E-state index < -0.39 is 5.97 Å². The van der Waals surface area contributed by atoms with Crippen molar-refractivity contribution in [2.75, 3.05) is 6.61 Å². The van der Waals surface area contributed by atoms with Gasteiger partial charge in [-0.15, -0.1) is 0 Å². The van der Waals surface area contributed by atoms with Gasteiger partial charge in [-0.3, -0.25) is 0 Å². The molecule has 162 valence electrons. The summed E-state index contributed by atoms with van der Waals surface area (Å²) in [5.74, 6) is 1.10. The summed E-state index contributed by atoms with van der Waals surface area (Å²) in [7, 11) is 0. The van der Waals surface area contributed by atoms with Gasteiger partial charge < -0.3 is 18.7 Å². The van der Waals surface area contributed by atoms with Crippen LogP contribution in [0.1, 0.15) is 28.5 Å². The van der Waals surface area contributed by atoms with Crippen LogP contribution in [0, 0.1) is 0 Å². The third-order valence-corrected chi connectivity index (χ3v) is 4.70. The summed E-state index contributed by atoms with van der Waals surface area (Å²) in [4.78, 5) is 12.0. The summed E-state index contributed by atoms with van der Waals surface area (Å²) in [6.45, 7) is 2.81. The molecule has 0 aliphatic carbocycles. The number of carbonyl (C=O) groups excluding carboxylic acids is 1. The smallest absolute Gasteiger partial charge is 0.360 e. The van der Waals surface area contributed by atoms with Crippen LogP contribution in [0.15, 0.2) is 89.5 Å². The van der Waals surface area contributed by atoms with Crippen molar-refractivity contribution in [3.05, 3.63) is 102 Å². The number of benzene rings is 3. The molecule has 0 saturated heterocycles. The van der Waals surface area contributed by atoms with Gasteiger partial charge in [0.15, 0.2) is 11.5 Å². The van der Waals surface area contributed by atoms with E-state index in [0.717, 1.165) is 11.1 Å². The fourth-order valence-electron chi connectivity index (χ4n) is 3.10. The Bertz CT molecular complexity index is 1160. The molecule has 6 heteroatoms. The van der Waals surface area contributed by atoms with Gasteiger partial charge in [0.05, 0.1) is 12.2 Å². The van der Waals surface area contributed by atoms with Crippen LogP contribution in [-0.2, 0) is 18.0 Å². The van der Waals surface area contributed by atoms with Crippen LogP contribution in [0.4, 0.5) is 0 Å². The lowest BCUT2D eigenvalue weighted by Crippen LogP contribution is -2.04. The predicted molar refractivity (Wildman–Crippen MR) is 119 cm³/mol. The molecule has 0 fully saturated rings. The Morgan fingerprint density at radius 1 is 0.844 bits per heavy atom. The summed E-state index contributed by atoms with van der Waals surface area (Å²) in [6, 6.07) is 26.8. The lowest BCUT2D eigenvalue weighted by molar-refractivity contribution is 0.0514. The average molecular weight is 429 g/mol. The maximum absolute atomic E-state index is 12.0. The molecule has 1 aromatic heterocycles. The van der Waals surface area contributed by atoms with Crippen LogP contribution in [0.3, 0.4) is 0 Å². The number of nitrogens with zero attached hydrogens (tertiary/aromatic N) is 1. The third-order valence-electron chi connectivity index (χ3n) is 4.70. The Balaban J connectivity index is 1.58. The summed E-state index contributed by atoms with van der Waals surface area (Å²) in [5, 5.41) is 3.83. The molecule has 0 aliphatic heterocycles. The molecule has 0 N–H and O–H groups in total. The van der Waals surface area contributed by atoms with Crippen molar-refractivity contribution >= 4 is 5.97 Å². The second-order valence-corrected chi connectivity index (χ2v) is 7.00. The fourth-order valence-corrected chi connectivity index (χ4v) is 3.10. The Morgan fingerprint density at radius 2 is 1.50 bits per heavy atom. The average Bonchev–Trinajstić information content (AvgIpc) is 3.33. The molecule has 0 spiro atoms. The first-order chi connectivity index (χ1) is 15.7. The van der Waals surface area contributed by atoms with Crippen LogP contribution in [0.2, 0.25) is 0 Å². The molecule has 0 aliphatic rings. The van der Waals surface area contributed by atoms with Gasteiger partial charge in [0.2, 0.25) is 0 Å². The standard InChI is InChI=1S/C26H23NO5/c1-2-29-26(28)23-16-25(32-27-23)22-14-13-21(30-17-19-9-5-3-6-10-19)15-24(22)31-18-20-11-7-4-8-12-20/h3-16H,2,17-18H2,1H3. The highest BCUT2D eigenvalue weighted by Crippen LogP contribution is 2.35. The third kappa shape index (κ3) is 5.35. The molecule has 0 unspecified atom stereocenters. The van der Waals surface area contributed by atoms with E-state index in [2.05, 4.69) is 5.16 Å². The molecule has 0 amide bonds. The molecule has 0 saturated carbocycles. The lowest BCUT2D eigenvalue weighted by atomic mass is 10.1. The second-order valence-electron chi connectivity index (χ2n) is 7.00. The molecule has 3 aromatic carbocycles. The molecule has 0 bridgehead atoms. The number of rotatable bonds is 9. The van der Waals surface area contributed by atoms with Crippen LogP contribution in [0.5, 0.6) is 11.5 Å². The van der Waals surface area contributed by atoms with Crippen molar-refractivity contribution in [1.82, 2.24) is 5.16 Å². The van der Waals surface area contributed by atoms with Crippen molar-refractivity contribution in [2.45, 2.75) is 20.1 Å². The van der Waals surface area contributed by atoms with Crippen molar-refractivity contribution in [1.29, 1.82) is 0 Å². The Kier molecular flexibility index (Phi) is 6.82. The van der Waals surface area contributed by atoms with Crippen molar-refractivity contribution < 1.29 is 23.5 Å². The van der Waals surface area contributed by atoms with E-state index in [4.69, 9.17) is 18.7 Å². The molecule has 0 atom stereocenters. The van der Waals surface area contributed by atoms with Gasteiger partial charge in [0.25, 0.3) is 0 Å². The van der Waals surface area contributed by atoms with E-state index in [1.807, 2.05) is 78.9 Å². The summed E-state index contributed by atoms with van der Waals surface area (Å²) in [6.07, 6.45) is 0. The number of hydrogen-bond acceptors (Lipinski definition) is 6. The fraction of sp³-hybridized carbons (Fsp3) is 0.154. The number of aromatic nitrogens is 1. The van der Waals surface area contributed by atoms with Crippen LogP contribution >= 0.6 is 0 Å². The lowest BCUT2D eigenvalue weighted by Gasteiger charge is -2.13. The maximum Gasteiger partial charge on any atom is 0.360 e. The first-order valence-corrected chi connectivity index (χ1v) is 10.3. The maximum atomic E-state index is 12.0. The highest BCUT2D eigenvalue weighted by Gasteiger charge is 2.18. The van der Waals surface area contributed by atoms with Gasteiger partial charge in [-0.1, -0.05) is 65.8 Å². The van der Waals surface area contributed by atoms with Crippen LogP contribution in [0.25, 0.3) is 11.3 Å². The predicted octanol–water partition coefficient (Wildman–Crippen LogP) is 5.68. The van der Waals surface area contributed by atoms with Gasteiger partial charge in [0, 0.05) is 12.1 Å². The molecule has 1 heterocycles. The van der Waals surface area contributed by atoms with Crippen molar-refractivity contribution in [3.8, 4) is 22.8 Å². The first kappa shape index (κ1) is 21.2. The minimum atomic E-state index is -0.530. The first-order valence-electron chi connectivity index (χ1n) is 10.3. The van der Waals surface area contributed by atoms with E-state index in [0.29, 0.717) is 36.0 Å². The van der Waals surface area contributed by atoms with E-state index >= 15 is 0 Å². The molecule has 4 rings (SSSR count). The summed E-state index contributed by atoms with van der Waals surface area (Å²) >= 11 is 0. The quantitative estimate of drug-likeness (QED) is 0.319. The topological polar surface area (TPSA) is 70.8 Å². The molecular weight excluding hydrogens is 406 g/mol. The van der Waals surface area contributed by atoms with Crippen molar-refractivity contribution in [3.63, 3.8) is 0 Å². The highest BCUT2D eigenvalue weighted by atomic mass is 16.5. The normalized spacial score (nSPS) is 10.5. The zero-order valence-corrected chi connectivity index (χ0v) is 17.7. The van der Waals surface area contributed by atoms with Crippen molar-refractivity contribution in [2.24, 2.45) is 0 Å². The number of hydrogen-bond donors (Lipinski definition) is 0. The Morgan fingerprint density at radius 3 is 2.16 bits per heavy atom. The van der Waals surface area contributed by atoms with E-state index in [1.165, 1.54) is 0 Å². The minimum Gasteiger partial charge on any atom is -0.489 e. The van der Waals surface area contributed by atoms with Gasteiger partial charge in [-0.05, 0) is 30.2 Å². The van der Waals surface area contributed by atoms with Gasteiger partial charge in [-0.25, -0.2) is 4.79 Å². The van der Waals surface area contributed by atoms with Gasteiger partial charge >= 0.3 is 5.97 Å². The van der Waals surface area contributed by atoms with Crippen LogP contribution in [-0.4, -0.2) is 17.7 Å². The summed E-state index contributed by atoms with van der Waals surface area (Å²) in [5.41, 5.74) is 2.87. The molecule has 0 radical (unpaired) electrons. The zero-order valence-electron chi connectivity index (χ0n) is 17.7. The van der Waals surface area contributed by atoms with Gasteiger partial charge in [-0.2, -0.15) is 0 Å². The molecule has 4 aromatic rings. The van der Waals surface area contributed by atoms with Gasteiger partial charge in [0.1, 0.15) is 24.7 Å². The number of ether oxygens (including phenoxy) is 3. The Hall–Kier alpha value is -4.06. The second kappa shape index (κ2) is 10.3. The van der Waals surface area contributed by atoms with E-state index in [1.54, 1.807) is 13.0 Å². The Labute approximate surface area is 186 Å². The largest absolute Gasteiger partial charge is 0.489 e. The van der Waals surface area contributed by atoms with E-state index in [-0.39, 0.29) is 12.3 Å². The zero-order chi connectivity index (χ0) is 22.2. The number of carbonyl (C=O) groups is 1. The molecular formula is C26H23NO5. The summed E-state index contributed by atoms with van der Waals surface area (Å²) < 4.78 is 22.5. The number of esters is 1. The monoisotopic (exact) mass is 429 g/mol. The van der Waals surface area contributed by atoms with E-state index in [9.17, 15) is 4.79 Å². The molecule has 32 heavy (non-hydrogen) atoms. The SMILES string of the molecule is CCOC(=O)c1cc(-c2ccc(OCc3ccccc3)cc2OCc2ccccc2)on1. The minimum absolute atomic E-state index is 0.111.